The standard InChI is InChI=1S/C17H14ClN3/c1-11-5-3-4-6-15(11)21-16-9-13(10-19)7-8-14(16)20-17(21)12(2)18/h3-9,12H,1-2H3. The summed E-state index contributed by atoms with van der Waals surface area (Å²) < 4.78 is 2.04. The molecule has 1 aromatic heterocycles. The zero-order valence-corrected chi connectivity index (χ0v) is 12.6. The first-order chi connectivity index (χ1) is 10.1. The SMILES string of the molecule is Cc1ccccc1-n1c(C(C)Cl)nc2ccc(C#N)cc21. The van der Waals surface area contributed by atoms with Crippen LogP contribution in [0.5, 0.6) is 0 Å². The fourth-order valence-electron chi connectivity index (χ4n) is 2.50. The maximum atomic E-state index is 9.12. The van der Waals surface area contributed by atoms with E-state index < -0.39 is 0 Å². The molecule has 3 aromatic rings. The molecule has 0 amide bonds. The molecule has 104 valence electrons. The van der Waals surface area contributed by atoms with Gasteiger partial charge in [-0.05, 0) is 43.7 Å². The fourth-order valence-corrected chi connectivity index (χ4v) is 2.64. The summed E-state index contributed by atoms with van der Waals surface area (Å²) in [5.41, 5.74) is 4.55. The molecule has 3 rings (SSSR count). The summed E-state index contributed by atoms with van der Waals surface area (Å²) in [4.78, 5) is 4.63. The van der Waals surface area contributed by atoms with Gasteiger partial charge in [0.15, 0.2) is 0 Å². The van der Waals surface area contributed by atoms with E-state index in [1.54, 1.807) is 6.07 Å². The van der Waals surface area contributed by atoms with Crippen LogP contribution in [0.2, 0.25) is 0 Å². The molecule has 1 atom stereocenters. The van der Waals surface area contributed by atoms with Gasteiger partial charge in [-0.3, -0.25) is 4.57 Å². The molecule has 0 aliphatic carbocycles. The molecule has 0 saturated heterocycles. The predicted octanol–water partition coefficient (Wildman–Crippen LogP) is 4.51. The van der Waals surface area contributed by atoms with Crippen molar-refractivity contribution in [2.45, 2.75) is 19.2 Å². The molecular weight excluding hydrogens is 282 g/mol. The summed E-state index contributed by atoms with van der Waals surface area (Å²) in [7, 11) is 0. The van der Waals surface area contributed by atoms with Crippen molar-refractivity contribution in [2.24, 2.45) is 0 Å². The molecule has 4 heteroatoms. The van der Waals surface area contributed by atoms with Crippen molar-refractivity contribution in [3.05, 3.63) is 59.4 Å². The van der Waals surface area contributed by atoms with E-state index >= 15 is 0 Å². The van der Waals surface area contributed by atoms with Crippen LogP contribution < -0.4 is 0 Å². The number of nitriles is 1. The number of alkyl halides is 1. The van der Waals surface area contributed by atoms with Crippen LogP contribution in [0.3, 0.4) is 0 Å². The van der Waals surface area contributed by atoms with Crippen LogP contribution in [-0.2, 0) is 0 Å². The van der Waals surface area contributed by atoms with Gasteiger partial charge in [0.05, 0.1) is 33.7 Å². The Balaban J connectivity index is 2.40. The quantitative estimate of drug-likeness (QED) is 0.653. The van der Waals surface area contributed by atoms with Gasteiger partial charge in [-0.2, -0.15) is 5.26 Å². The summed E-state index contributed by atoms with van der Waals surface area (Å²) in [6, 6.07) is 15.8. The molecule has 0 aliphatic heterocycles. The van der Waals surface area contributed by atoms with Crippen LogP contribution in [0.4, 0.5) is 0 Å². The van der Waals surface area contributed by atoms with Gasteiger partial charge in [0, 0.05) is 0 Å². The summed E-state index contributed by atoms with van der Waals surface area (Å²) in [5.74, 6) is 0.788. The zero-order valence-electron chi connectivity index (χ0n) is 11.8. The first kappa shape index (κ1) is 13.7. The Hall–Kier alpha value is -2.31. The highest BCUT2D eigenvalue weighted by Gasteiger charge is 2.17. The topological polar surface area (TPSA) is 41.6 Å². The molecule has 0 bridgehead atoms. The summed E-state index contributed by atoms with van der Waals surface area (Å²) in [5, 5.41) is 8.90. The number of nitrogens with zero attached hydrogens (tertiary/aromatic N) is 3. The number of aromatic nitrogens is 2. The second-order valence-corrected chi connectivity index (χ2v) is 5.68. The molecule has 0 fully saturated rings. The van der Waals surface area contributed by atoms with E-state index in [1.807, 2.05) is 41.8 Å². The molecule has 21 heavy (non-hydrogen) atoms. The molecule has 0 radical (unpaired) electrons. The Morgan fingerprint density at radius 1 is 1.24 bits per heavy atom. The molecule has 1 unspecified atom stereocenters. The normalized spacial score (nSPS) is 12.3. The summed E-state index contributed by atoms with van der Waals surface area (Å²) >= 11 is 6.31. The van der Waals surface area contributed by atoms with Gasteiger partial charge in [-0.1, -0.05) is 18.2 Å². The first-order valence-electron chi connectivity index (χ1n) is 6.74. The average molecular weight is 296 g/mol. The number of fused-ring (bicyclic) bond motifs is 1. The Morgan fingerprint density at radius 3 is 2.67 bits per heavy atom. The van der Waals surface area contributed by atoms with Crippen LogP contribution in [0.25, 0.3) is 16.7 Å². The van der Waals surface area contributed by atoms with Gasteiger partial charge < -0.3 is 0 Å². The first-order valence-corrected chi connectivity index (χ1v) is 7.18. The van der Waals surface area contributed by atoms with Gasteiger partial charge in [0.2, 0.25) is 0 Å². The van der Waals surface area contributed by atoms with Crippen molar-refractivity contribution >= 4 is 22.6 Å². The van der Waals surface area contributed by atoms with E-state index in [1.165, 1.54) is 0 Å². The molecule has 0 N–H and O–H groups in total. The third-order valence-electron chi connectivity index (χ3n) is 3.52. The smallest absolute Gasteiger partial charge is 0.132 e. The Labute approximate surface area is 128 Å². The number of imidazole rings is 1. The van der Waals surface area contributed by atoms with E-state index in [4.69, 9.17) is 16.9 Å². The van der Waals surface area contributed by atoms with E-state index in [0.717, 1.165) is 28.1 Å². The highest BCUT2D eigenvalue weighted by molar-refractivity contribution is 6.20. The summed E-state index contributed by atoms with van der Waals surface area (Å²) in [6.07, 6.45) is 0. The largest absolute Gasteiger partial charge is 0.295 e. The highest BCUT2D eigenvalue weighted by atomic mass is 35.5. The maximum absolute atomic E-state index is 9.12. The minimum atomic E-state index is -0.220. The van der Waals surface area contributed by atoms with Crippen LogP contribution in [0.15, 0.2) is 42.5 Å². The fraction of sp³-hybridized carbons (Fsp3) is 0.176. The second kappa shape index (κ2) is 5.23. The Kier molecular flexibility index (Phi) is 3.40. The number of halogens is 1. The number of rotatable bonds is 2. The Bertz CT molecular complexity index is 856. The lowest BCUT2D eigenvalue weighted by Crippen LogP contribution is -2.03. The van der Waals surface area contributed by atoms with Gasteiger partial charge in [0.25, 0.3) is 0 Å². The van der Waals surface area contributed by atoms with Crippen molar-refractivity contribution in [1.29, 1.82) is 5.26 Å². The van der Waals surface area contributed by atoms with Crippen LogP contribution in [0.1, 0.15) is 29.3 Å². The van der Waals surface area contributed by atoms with Crippen molar-refractivity contribution in [2.75, 3.05) is 0 Å². The summed E-state index contributed by atoms with van der Waals surface area (Å²) in [6.45, 7) is 3.96. The third kappa shape index (κ3) is 2.28. The monoisotopic (exact) mass is 295 g/mol. The number of aryl methyl sites for hydroxylation is 1. The van der Waals surface area contributed by atoms with Crippen molar-refractivity contribution < 1.29 is 0 Å². The predicted molar refractivity (Wildman–Crippen MR) is 84.8 cm³/mol. The van der Waals surface area contributed by atoms with Crippen LogP contribution in [-0.4, -0.2) is 9.55 Å². The van der Waals surface area contributed by atoms with E-state index in [9.17, 15) is 0 Å². The molecule has 0 aliphatic rings. The average Bonchev–Trinajstić information content (AvgIpc) is 2.86. The molecule has 0 spiro atoms. The highest BCUT2D eigenvalue weighted by Crippen LogP contribution is 2.29. The third-order valence-corrected chi connectivity index (χ3v) is 3.72. The zero-order chi connectivity index (χ0) is 15.0. The van der Waals surface area contributed by atoms with Crippen molar-refractivity contribution in [1.82, 2.24) is 9.55 Å². The van der Waals surface area contributed by atoms with E-state index in [-0.39, 0.29) is 5.38 Å². The maximum Gasteiger partial charge on any atom is 0.132 e. The van der Waals surface area contributed by atoms with Gasteiger partial charge in [-0.25, -0.2) is 4.98 Å². The lowest BCUT2D eigenvalue weighted by Gasteiger charge is -2.13. The molecule has 0 saturated carbocycles. The minimum Gasteiger partial charge on any atom is -0.295 e. The number of hydrogen-bond donors (Lipinski definition) is 0. The van der Waals surface area contributed by atoms with Gasteiger partial charge >= 0.3 is 0 Å². The minimum absolute atomic E-state index is 0.220. The van der Waals surface area contributed by atoms with Crippen LogP contribution in [0, 0.1) is 18.3 Å². The van der Waals surface area contributed by atoms with E-state index in [2.05, 4.69) is 24.0 Å². The molecule has 3 nitrogen and oxygen atoms in total. The number of benzene rings is 2. The molecule has 1 heterocycles. The number of para-hydroxylation sites is 1. The second-order valence-electron chi connectivity index (χ2n) is 5.02. The Morgan fingerprint density at radius 2 is 2.00 bits per heavy atom. The van der Waals surface area contributed by atoms with Gasteiger partial charge in [-0.15, -0.1) is 11.6 Å². The lowest BCUT2D eigenvalue weighted by atomic mass is 10.1. The van der Waals surface area contributed by atoms with Crippen molar-refractivity contribution in [3.63, 3.8) is 0 Å². The van der Waals surface area contributed by atoms with Crippen molar-refractivity contribution in [3.8, 4) is 11.8 Å². The van der Waals surface area contributed by atoms with Crippen LogP contribution >= 0.6 is 11.6 Å². The molecular formula is C17H14ClN3. The lowest BCUT2D eigenvalue weighted by molar-refractivity contribution is 0.878. The molecule has 2 aromatic carbocycles. The number of hydrogen-bond acceptors (Lipinski definition) is 2. The van der Waals surface area contributed by atoms with E-state index in [0.29, 0.717) is 5.56 Å². The van der Waals surface area contributed by atoms with Gasteiger partial charge in [0.1, 0.15) is 5.82 Å².